The molecule has 0 spiro atoms. The monoisotopic (exact) mass is 434 g/mol. The molecule has 2 rings (SSSR count). The van der Waals surface area contributed by atoms with E-state index in [-0.39, 0.29) is 23.1 Å². The van der Waals surface area contributed by atoms with Crippen molar-refractivity contribution in [1.82, 2.24) is 4.57 Å². The molecule has 3 unspecified atom stereocenters. The molecule has 1 fully saturated rings. The number of Topliss-reactive ketones (excluding diaryl/α,β-unsaturated/α-hetero) is 1. The number of ketones is 1. The molecule has 0 aliphatic carbocycles. The van der Waals surface area contributed by atoms with Gasteiger partial charge in [-0.3, -0.25) is 19.7 Å². The van der Waals surface area contributed by atoms with Crippen LogP contribution in [0.1, 0.15) is 26.3 Å². The first kappa shape index (κ1) is 23.9. The predicted octanol–water partition coefficient (Wildman–Crippen LogP) is 2.65. The number of aliphatic hydroxyl groups is 2. The lowest BCUT2D eigenvalue weighted by Crippen LogP contribution is -2.74. The maximum Gasteiger partial charge on any atom is 0.269 e. The maximum atomic E-state index is 13.1. The third kappa shape index (κ3) is 4.23. The molecule has 0 aromatic heterocycles. The lowest BCUT2D eigenvalue weighted by Gasteiger charge is -2.59. The largest absolute Gasteiger partial charge is 0.367 e. The molecule has 1 amide bonds. The Kier molecular flexibility index (Phi) is 6.70. The maximum absolute atomic E-state index is 13.1. The summed E-state index contributed by atoms with van der Waals surface area (Å²) in [5.74, 6) is -2.94. The molecule has 3 atom stereocenters. The number of carbonyl (C=O) groups excluding carboxylic acids is 2. The Morgan fingerprint density at radius 1 is 1.30 bits per heavy atom. The van der Waals surface area contributed by atoms with Gasteiger partial charge in [0.25, 0.3) is 5.69 Å². The lowest BCUT2D eigenvalue weighted by molar-refractivity contribution is -0.384. The second-order valence-corrected chi connectivity index (χ2v) is 14.4. The average Bonchev–Trinajstić information content (AvgIpc) is 2.62. The van der Waals surface area contributed by atoms with E-state index in [0.29, 0.717) is 5.56 Å². The topological polar surface area (TPSA) is 121 Å². The fourth-order valence-electron chi connectivity index (χ4n) is 3.77. The minimum Gasteiger partial charge on any atom is -0.367 e. The van der Waals surface area contributed by atoms with Crippen LogP contribution in [0, 0.1) is 22.0 Å². The van der Waals surface area contributed by atoms with Crippen molar-refractivity contribution in [3.63, 3.8) is 0 Å². The van der Waals surface area contributed by atoms with Crippen LogP contribution in [-0.4, -0.2) is 52.0 Å². The summed E-state index contributed by atoms with van der Waals surface area (Å²) in [6, 6.07) is 5.02. The van der Waals surface area contributed by atoms with Crippen LogP contribution in [0.25, 0.3) is 0 Å². The summed E-state index contributed by atoms with van der Waals surface area (Å²) in [7, 11) is -2.24. The van der Waals surface area contributed by atoms with E-state index < -0.39 is 43.1 Å². The molecule has 0 radical (unpaired) electrons. The van der Waals surface area contributed by atoms with Crippen LogP contribution >= 0.6 is 0 Å². The lowest BCUT2D eigenvalue weighted by atomic mass is 9.75. The summed E-state index contributed by atoms with van der Waals surface area (Å²) in [6.07, 6.45) is -0.553. The fourth-order valence-corrected chi connectivity index (χ4v) is 6.20. The molecule has 1 saturated heterocycles. The van der Waals surface area contributed by atoms with Crippen LogP contribution in [-0.2, 0) is 16.0 Å². The summed E-state index contributed by atoms with van der Waals surface area (Å²) in [5.41, 5.74) is 0.398. The number of hydrogen-bond acceptors (Lipinski definition) is 6. The van der Waals surface area contributed by atoms with Gasteiger partial charge in [0.05, 0.1) is 22.8 Å². The van der Waals surface area contributed by atoms with Crippen molar-refractivity contribution in [1.29, 1.82) is 0 Å². The van der Waals surface area contributed by atoms with Gasteiger partial charge in [-0.15, -0.1) is 6.58 Å². The minimum absolute atomic E-state index is 0.101. The summed E-state index contributed by atoms with van der Waals surface area (Å²) < 4.78 is 1.79. The molecular weight excluding hydrogens is 404 g/mol. The third-order valence-corrected chi connectivity index (χ3v) is 11.9. The van der Waals surface area contributed by atoms with Gasteiger partial charge in [-0.1, -0.05) is 52.1 Å². The summed E-state index contributed by atoms with van der Waals surface area (Å²) in [4.78, 5) is 36.3. The van der Waals surface area contributed by atoms with Crippen molar-refractivity contribution >= 4 is 25.6 Å². The van der Waals surface area contributed by atoms with Crippen LogP contribution < -0.4 is 0 Å². The molecular formula is C21H30N2O6Si. The van der Waals surface area contributed by atoms with Gasteiger partial charge >= 0.3 is 0 Å². The molecule has 9 heteroatoms. The SMILES string of the molecule is C=CC1C(C(C(=O)Cc2ccc([N+](=O)[O-])cc2)C(O)O)C(=O)N1[Si](C)(C)C(C)(C)C. The van der Waals surface area contributed by atoms with E-state index in [2.05, 4.69) is 40.4 Å². The van der Waals surface area contributed by atoms with Gasteiger partial charge in [0.15, 0.2) is 14.5 Å². The van der Waals surface area contributed by atoms with E-state index in [1.807, 2.05) is 0 Å². The number of amides is 1. The van der Waals surface area contributed by atoms with E-state index in [1.54, 1.807) is 10.6 Å². The van der Waals surface area contributed by atoms with Gasteiger partial charge in [-0.25, -0.2) is 0 Å². The number of nitro groups is 1. The number of carbonyl (C=O) groups is 2. The molecule has 8 nitrogen and oxygen atoms in total. The predicted molar refractivity (Wildman–Crippen MR) is 115 cm³/mol. The number of benzene rings is 1. The molecule has 2 N–H and O–H groups in total. The normalized spacial score (nSPS) is 20.7. The highest BCUT2D eigenvalue weighted by Gasteiger charge is 2.60. The highest BCUT2D eigenvalue weighted by molar-refractivity contribution is 6.80. The van der Waals surface area contributed by atoms with Gasteiger partial charge in [0, 0.05) is 18.6 Å². The van der Waals surface area contributed by atoms with E-state index in [0.717, 1.165) is 0 Å². The summed E-state index contributed by atoms with van der Waals surface area (Å²) in [6.45, 7) is 14.2. The van der Waals surface area contributed by atoms with Crippen molar-refractivity contribution in [3.05, 3.63) is 52.6 Å². The first-order valence-corrected chi connectivity index (χ1v) is 12.8. The van der Waals surface area contributed by atoms with E-state index in [9.17, 15) is 29.9 Å². The molecule has 1 aliphatic rings. The second kappa shape index (κ2) is 8.41. The fraction of sp³-hybridized carbons (Fsp3) is 0.524. The van der Waals surface area contributed by atoms with Crippen molar-refractivity contribution in [3.8, 4) is 0 Å². The van der Waals surface area contributed by atoms with Crippen molar-refractivity contribution in [2.75, 3.05) is 0 Å². The molecule has 164 valence electrons. The van der Waals surface area contributed by atoms with Crippen LogP contribution in [0.2, 0.25) is 18.1 Å². The number of nitrogens with zero attached hydrogens (tertiary/aromatic N) is 2. The van der Waals surface area contributed by atoms with Crippen LogP contribution in [0.5, 0.6) is 0 Å². The number of aliphatic hydroxyl groups excluding tert-OH is 1. The average molecular weight is 435 g/mol. The minimum atomic E-state index is -2.24. The van der Waals surface area contributed by atoms with Crippen molar-refractivity contribution < 1.29 is 24.7 Å². The molecule has 0 saturated carbocycles. The molecule has 1 heterocycles. The second-order valence-electron chi connectivity index (χ2n) is 9.28. The standard InChI is InChI=1S/C21H30N2O6Si/c1-7-15-17(19(25)22(15)30(5,6)21(2,3)4)18(20(26)27)16(24)12-13-8-10-14(11-9-13)23(28)29/h7-11,15,17-18,20,26-27H,1,12H2,2-6H3. The number of nitro benzene ring substituents is 1. The van der Waals surface area contributed by atoms with Crippen LogP contribution in [0.3, 0.4) is 0 Å². The smallest absolute Gasteiger partial charge is 0.269 e. The molecule has 30 heavy (non-hydrogen) atoms. The van der Waals surface area contributed by atoms with Gasteiger partial charge in [0.2, 0.25) is 5.91 Å². The number of non-ortho nitro benzene ring substituents is 1. The Hall–Kier alpha value is -2.36. The Labute approximate surface area is 177 Å². The molecule has 0 bridgehead atoms. The van der Waals surface area contributed by atoms with Gasteiger partial charge in [-0.05, 0) is 10.6 Å². The molecule has 1 aliphatic heterocycles. The van der Waals surface area contributed by atoms with E-state index in [1.165, 1.54) is 24.3 Å². The summed E-state index contributed by atoms with van der Waals surface area (Å²) >= 11 is 0. The Morgan fingerprint density at radius 3 is 2.23 bits per heavy atom. The van der Waals surface area contributed by atoms with Crippen molar-refractivity contribution in [2.24, 2.45) is 11.8 Å². The zero-order valence-electron chi connectivity index (χ0n) is 18.0. The van der Waals surface area contributed by atoms with E-state index >= 15 is 0 Å². The van der Waals surface area contributed by atoms with Crippen LogP contribution in [0.15, 0.2) is 36.9 Å². The highest BCUT2D eigenvalue weighted by atomic mass is 28.3. The molecule has 1 aromatic rings. The zero-order valence-corrected chi connectivity index (χ0v) is 19.0. The number of hydrogen-bond donors (Lipinski definition) is 2. The summed E-state index contributed by atoms with van der Waals surface area (Å²) in [5, 5.41) is 30.5. The van der Waals surface area contributed by atoms with Gasteiger partial charge in [-0.2, -0.15) is 0 Å². The Bertz CT molecular complexity index is 844. The van der Waals surface area contributed by atoms with Gasteiger partial charge in [0.1, 0.15) is 5.78 Å². The number of rotatable bonds is 8. The van der Waals surface area contributed by atoms with E-state index in [4.69, 9.17) is 0 Å². The Morgan fingerprint density at radius 2 is 1.83 bits per heavy atom. The third-order valence-electron chi connectivity index (χ3n) is 6.47. The number of β-lactam (4-membered cyclic amide) rings is 1. The first-order valence-electron chi connectivity index (χ1n) is 9.82. The van der Waals surface area contributed by atoms with Crippen molar-refractivity contribution in [2.45, 2.75) is 57.7 Å². The Balaban J connectivity index is 2.27. The first-order chi connectivity index (χ1) is 13.7. The highest BCUT2D eigenvalue weighted by Crippen LogP contribution is 2.47. The van der Waals surface area contributed by atoms with Crippen LogP contribution in [0.4, 0.5) is 5.69 Å². The molecule has 1 aromatic carbocycles. The quantitative estimate of drug-likeness (QED) is 0.162. The zero-order chi connectivity index (χ0) is 23.0. The van der Waals surface area contributed by atoms with Gasteiger partial charge < -0.3 is 14.8 Å².